The van der Waals surface area contributed by atoms with E-state index < -0.39 is 12.0 Å². The van der Waals surface area contributed by atoms with E-state index in [9.17, 15) is 9.59 Å². The molecule has 0 fully saturated rings. The Kier molecular flexibility index (Phi) is 7.36. The van der Waals surface area contributed by atoms with Crippen LogP contribution in [0.4, 0.5) is 0 Å². The molecule has 0 spiro atoms. The summed E-state index contributed by atoms with van der Waals surface area (Å²) >= 11 is 0. The minimum atomic E-state index is -0.588. The van der Waals surface area contributed by atoms with Crippen LogP contribution in [0.1, 0.15) is 24.0 Å². The van der Waals surface area contributed by atoms with Gasteiger partial charge in [-0.25, -0.2) is 0 Å². The number of amides is 2. The van der Waals surface area contributed by atoms with Gasteiger partial charge in [-0.1, -0.05) is 60.7 Å². The van der Waals surface area contributed by atoms with Crippen molar-refractivity contribution in [2.24, 2.45) is 0 Å². The summed E-state index contributed by atoms with van der Waals surface area (Å²) in [6.45, 7) is 3.13. The minimum absolute atomic E-state index is 0.167. The van der Waals surface area contributed by atoms with E-state index >= 15 is 0 Å². The predicted molar refractivity (Wildman–Crippen MR) is 103 cm³/mol. The number of quaternary nitrogens is 1. The lowest BCUT2D eigenvalue weighted by molar-refractivity contribution is -0.856. The SMILES string of the molecule is C[C@H](NC(=O)C(c1ccccc1)c1ccccc1)C(=O)NCC[NH+](C)C. The van der Waals surface area contributed by atoms with Crippen molar-refractivity contribution in [2.75, 3.05) is 27.2 Å². The topological polar surface area (TPSA) is 62.6 Å². The summed E-state index contributed by atoms with van der Waals surface area (Å²) in [5.41, 5.74) is 1.81. The Bertz CT molecular complexity index is 662. The third kappa shape index (κ3) is 5.70. The van der Waals surface area contributed by atoms with Crippen molar-refractivity contribution in [2.45, 2.75) is 18.9 Å². The molecule has 0 radical (unpaired) electrons. The van der Waals surface area contributed by atoms with Crippen molar-refractivity contribution in [3.63, 3.8) is 0 Å². The molecule has 3 N–H and O–H groups in total. The van der Waals surface area contributed by atoms with Crippen LogP contribution >= 0.6 is 0 Å². The minimum Gasteiger partial charge on any atom is -0.349 e. The second-order valence-electron chi connectivity index (χ2n) is 6.73. The third-order valence-electron chi connectivity index (χ3n) is 4.20. The zero-order valence-corrected chi connectivity index (χ0v) is 15.7. The number of carbonyl (C=O) groups excluding carboxylic acids is 2. The van der Waals surface area contributed by atoms with Crippen molar-refractivity contribution in [3.8, 4) is 0 Å². The lowest BCUT2D eigenvalue weighted by Crippen LogP contribution is -3.06. The van der Waals surface area contributed by atoms with E-state index in [2.05, 4.69) is 10.6 Å². The Morgan fingerprint density at radius 3 is 1.85 bits per heavy atom. The average molecular weight is 354 g/mol. The molecule has 0 bridgehead atoms. The van der Waals surface area contributed by atoms with Crippen molar-refractivity contribution in [1.82, 2.24) is 10.6 Å². The van der Waals surface area contributed by atoms with Crippen LogP contribution in [-0.2, 0) is 9.59 Å². The molecule has 0 heterocycles. The van der Waals surface area contributed by atoms with Crippen LogP contribution in [0.2, 0.25) is 0 Å². The highest BCUT2D eigenvalue weighted by Gasteiger charge is 2.25. The molecule has 138 valence electrons. The first kappa shape index (κ1) is 19.7. The first-order valence-electron chi connectivity index (χ1n) is 8.96. The number of rotatable bonds is 8. The number of benzene rings is 2. The number of hydrogen-bond donors (Lipinski definition) is 3. The largest absolute Gasteiger partial charge is 0.349 e. The van der Waals surface area contributed by atoms with Gasteiger partial charge in [0.2, 0.25) is 11.8 Å². The molecular weight excluding hydrogens is 326 g/mol. The van der Waals surface area contributed by atoms with E-state index in [0.29, 0.717) is 6.54 Å². The summed E-state index contributed by atoms with van der Waals surface area (Å²) in [4.78, 5) is 26.4. The maximum Gasteiger partial charge on any atom is 0.242 e. The molecule has 0 unspecified atom stereocenters. The van der Waals surface area contributed by atoms with Crippen molar-refractivity contribution < 1.29 is 14.5 Å². The van der Waals surface area contributed by atoms with Crippen molar-refractivity contribution >= 4 is 11.8 Å². The number of nitrogens with one attached hydrogen (secondary N) is 3. The van der Waals surface area contributed by atoms with Gasteiger partial charge >= 0.3 is 0 Å². The van der Waals surface area contributed by atoms with Crippen LogP contribution in [0.25, 0.3) is 0 Å². The highest BCUT2D eigenvalue weighted by atomic mass is 16.2. The van der Waals surface area contributed by atoms with Gasteiger partial charge in [0.15, 0.2) is 0 Å². The summed E-state index contributed by atoms with van der Waals surface area (Å²) in [6.07, 6.45) is 0. The molecule has 0 aromatic heterocycles. The Morgan fingerprint density at radius 2 is 1.38 bits per heavy atom. The van der Waals surface area contributed by atoms with E-state index in [0.717, 1.165) is 17.7 Å². The van der Waals surface area contributed by atoms with Gasteiger partial charge in [0.1, 0.15) is 6.04 Å². The fraction of sp³-hybridized carbons (Fsp3) is 0.333. The van der Waals surface area contributed by atoms with Crippen LogP contribution < -0.4 is 15.5 Å². The molecule has 0 aliphatic carbocycles. The molecule has 2 aromatic rings. The van der Waals surface area contributed by atoms with Gasteiger partial charge in [-0.2, -0.15) is 0 Å². The number of likely N-dealkylation sites (N-methyl/N-ethyl adjacent to an activating group) is 1. The van der Waals surface area contributed by atoms with Crippen LogP contribution in [0, 0.1) is 0 Å². The van der Waals surface area contributed by atoms with Crippen molar-refractivity contribution in [3.05, 3.63) is 71.8 Å². The molecule has 1 atom stereocenters. The summed E-state index contributed by atoms with van der Waals surface area (Å²) in [6, 6.07) is 18.6. The monoisotopic (exact) mass is 354 g/mol. The number of hydrogen-bond acceptors (Lipinski definition) is 2. The Morgan fingerprint density at radius 1 is 0.885 bits per heavy atom. The molecule has 2 aromatic carbocycles. The van der Waals surface area contributed by atoms with Gasteiger partial charge < -0.3 is 15.5 Å². The van der Waals surface area contributed by atoms with Crippen LogP contribution in [0.15, 0.2) is 60.7 Å². The van der Waals surface area contributed by atoms with Gasteiger partial charge in [-0.05, 0) is 18.1 Å². The zero-order valence-electron chi connectivity index (χ0n) is 15.7. The highest BCUT2D eigenvalue weighted by molar-refractivity contribution is 5.92. The summed E-state index contributed by atoms with van der Waals surface area (Å²) in [7, 11) is 4.06. The Hall–Kier alpha value is -2.66. The molecule has 2 amide bonds. The summed E-state index contributed by atoms with van der Waals surface area (Å²) < 4.78 is 0. The molecule has 0 aliphatic rings. The van der Waals surface area contributed by atoms with E-state index in [4.69, 9.17) is 0 Å². The molecule has 0 saturated heterocycles. The first-order chi connectivity index (χ1) is 12.5. The molecule has 26 heavy (non-hydrogen) atoms. The van der Waals surface area contributed by atoms with Crippen LogP contribution in [0.5, 0.6) is 0 Å². The smallest absolute Gasteiger partial charge is 0.242 e. The van der Waals surface area contributed by atoms with E-state index in [1.165, 1.54) is 4.90 Å². The lowest BCUT2D eigenvalue weighted by Gasteiger charge is -2.21. The zero-order chi connectivity index (χ0) is 18.9. The molecule has 0 aliphatic heterocycles. The van der Waals surface area contributed by atoms with E-state index in [1.807, 2.05) is 74.8 Å². The normalized spacial score (nSPS) is 12.0. The molecule has 5 heteroatoms. The Labute approximate surface area is 155 Å². The Balaban J connectivity index is 2.08. The van der Waals surface area contributed by atoms with Crippen molar-refractivity contribution in [1.29, 1.82) is 0 Å². The summed E-state index contributed by atoms with van der Waals surface area (Å²) in [5, 5.41) is 5.72. The molecule has 2 rings (SSSR count). The molecule has 5 nitrogen and oxygen atoms in total. The standard InChI is InChI=1S/C21H27N3O2/c1-16(20(25)22-14-15-24(2)3)23-21(26)19(17-10-6-4-7-11-17)18-12-8-5-9-13-18/h4-13,16,19H,14-15H2,1-3H3,(H,22,25)(H,23,26)/p+1/t16-/m0/s1. The molecular formula is C21H28N3O2+. The number of carbonyl (C=O) groups is 2. The second kappa shape index (κ2) is 9.73. The van der Waals surface area contributed by atoms with E-state index in [-0.39, 0.29) is 11.8 Å². The van der Waals surface area contributed by atoms with Gasteiger partial charge in [0.05, 0.1) is 33.1 Å². The predicted octanol–water partition coefficient (Wildman–Crippen LogP) is 0.584. The highest BCUT2D eigenvalue weighted by Crippen LogP contribution is 2.24. The second-order valence-corrected chi connectivity index (χ2v) is 6.73. The lowest BCUT2D eigenvalue weighted by atomic mass is 9.90. The van der Waals surface area contributed by atoms with Gasteiger partial charge in [0, 0.05) is 0 Å². The fourth-order valence-corrected chi connectivity index (χ4v) is 2.74. The quantitative estimate of drug-likeness (QED) is 0.650. The van der Waals surface area contributed by atoms with Gasteiger partial charge in [-0.3, -0.25) is 9.59 Å². The first-order valence-corrected chi connectivity index (χ1v) is 8.96. The maximum atomic E-state index is 12.9. The molecule has 0 saturated carbocycles. The van der Waals surface area contributed by atoms with Crippen LogP contribution in [-0.4, -0.2) is 45.0 Å². The van der Waals surface area contributed by atoms with Crippen LogP contribution in [0.3, 0.4) is 0 Å². The van der Waals surface area contributed by atoms with E-state index in [1.54, 1.807) is 6.92 Å². The van der Waals surface area contributed by atoms with Gasteiger partial charge in [-0.15, -0.1) is 0 Å². The maximum absolute atomic E-state index is 12.9. The third-order valence-corrected chi connectivity index (χ3v) is 4.20. The fourth-order valence-electron chi connectivity index (χ4n) is 2.74. The van der Waals surface area contributed by atoms with Gasteiger partial charge in [0.25, 0.3) is 0 Å². The average Bonchev–Trinajstić information content (AvgIpc) is 2.63. The summed E-state index contributed by atoms with van der Waals surface area (Å²) in [5.74, 6) is -0.790.